The fraction of sp³-hybridized carbons (Fsp3) is 0.458. The number of amides is 1. The van der Waals surface area contributed by atoms with Crippen molar-refractivity contribution < 1.29 is 4.79 Å². The minimum atomic E-state index is 0.00278. The van der Waals surface area contributed by atoms with Crippen molar-refractivity contribution in [3.63, 3.8) is 0 Å². The summed E-state index contributed by atoms with van der Waals surface area (Å²) in [6.07, 6.45) is 9.14. The van der Waals surface area contributed by atoms with Gasteiger partial charge in [-0.3, -0.25) is 9.48 Å². The summed E-state index contributed by atoms with van der Waals surface area (Å²) in [5.74, 6) is 2.30. The van der Waals surface area contributed by atoms with Crippen molar-refractivity contribution in [2.45, 2.75) is 52.1 Å². The molecule has 0 aliphatic heterocycles. The Hall–Kier alpha value is -2.69. The van der Waals surface area contributed by atoms with Crippen LogP contribution in [0.3, 0.4) is 0 Å². The quantitative estimate of drug-likeness (QED) is 0.691. The highest BCUT2D eigenvalue weighted by Crippen LogP contribution is 2.49. The zero-order valence-corrected chi connectivity index (χ0v) is 17.1. The van der Waals surface area contributed by atoms with Gasteiger partial charge in [-0.15, -0.1) is 0 Å². The molecule has 5 nitrogen and oxygen atoms in total. The Kier molecular flexibility index (Phi) is 4.61. The standard InChI is InChI=1S/C24H28N4O/c1-3-28-14-18(13-25-28)23-12-21(19-6-4-5-7-22(19)27-23)24(29)26-15(2)20-11-16-8-9-17(20)10-16/h4-7,12-17,20H,3,8-11H2,1-2H3,(H,26,29). The van der Waals surface area contributed by atoms with Crippen LogP contribution in [-0.2, 0) is 6.54 Å². The van der Waals surface area contributed by atoms with Crippen molar-refractivity contribution in [2.24, 2.45) is 17.8 Å². The first-order chi connectivity index (χ1) is 14.1. The molecule has 2 aromatic heterocycles. The third-order valence-corrected chi connectivity index (χ3v) is 7.01. The number of para-hydroxylation sites is 1. The van der Waals surface area contributed by atoms with Gasteiger partial charge in [0.25, 0.3) is 5.91 Å². The molecule has 150 valence electrons. The number of carbonyl (C=O) groups excluding carboxylic acids is 1. The SMILES string of the molecule is CCn1cc(-c2cc(C(=O)NC(C)C3CC4CCC3C4)c3ccccc3n2)cn1. The van der Waals surface area contributed by atoms with Crippen LogP contribution >= 0.6 is 0 Å². The van der Waals surface area contributed by atoms with Crippen LogP contribution in [-0.4, -0.2) is 26.7 Å². The summed E-state index contributed by atoms with van der Waals surface area (Å²) in [6.45, 7) is 5.04. The van der Waals surface area contributed by atoms with Crippen LogP contribution in [0.1, 0.15) is 49.9 Å². The smallest absolute Gasteiger partial charge is 0.252 e. The molecule has 4 atom stereocenters. The number of rotatable bonds is 5. The number of aromatic nitrogens is 3. The van der Waals surface area contributed by atoms with E-state index in [2.05, 4.69) is 24.3 Å². The average molecular weight is 389 g/mol. The van der Waals surface area contributed by atoms with Crippen LogP contribution in [0, 0.1) is 17.8 Å². The van der Waals surface area contributed by atoms with E-state index < -0.39 is 0 Å². The fourth-order valence-electron chi connectivity index (χ4n) is 5.48. The Morgan fingerprint density at radius 1 is 1.28 bits per heavy atom. The summed E-state index contributed by atoms with van der Waals surface area (Å²) >= 11 is 0. The molecule has 1 aromatic carbocycles. The summed E-state index contributed by atoms with van der Waals surface area (Å²) in [6, 6.07) is 10.0. The summed E-state index contributed by atoms with van der Waals surface area (Å²) in [5.41, 5.74) is 3.27. The molecule has 5 rings (SSSR count). The molecule has 3 aromatic rings. The lowest BCUT2D eigenvalue weighted by atomic mass is 9.84. The molecule has 1 N–H and O–H groups in total. The van der Waals surface area contributed by atoms with Crippen LogP contribution in [0.4, 0.5) is 0 Å². The van der Waals surface area contributed by atoms with Gasteiger partial charge in [0.05, 0.1) is 23.0 Å². The fourth-order valence-corrected chi connectivity index (χ4v) is 5.48. The Bertz CT molecular complexity index is 1060. The summed E-state index contributed by atoms with van der Waals surface area (Å²) in [4.78, 5) is 18.1. The lowest BCUT2D eigenvalue weighted by Crippen LogP contribution is -2.40. The number of nitrogens with one attached hydrogen (secondary N) is 1. The highest BCUT2D eigenvalue weighted by molar-refractivity contribution is 6.07. The number of hydrogen-bond acceptors (Lipinski definition) is 3. The van der Waals surface area contributed by atoms with Crippen LogP contribution in [0.25, 0.3) is 22.2 Å². The van der Waals surface area contributed by atoms with Gasteiger partial charge in [0, 0.05) is 29.7 Å². The predicted octanol–water partition coefficient (Wildman–Crippen LogP) is 4.67. The van der Waals surface area contributed by atoms with Gasteiger partial charge >= 0.3 is 0 Å². The lowest BCUT2D eigenvalue weighted by Gasteiger charge is -2.28. The Morgan fingerprint density at radius 2 is 2.14 bits per heavy atom. The van der Waals surface area contributed by atoms with Gasteiger partial charge in [0.1, 0.15) is 0 Å². The Balaban J connectivity index is 1.47. The van der Waals surface area contributed by atoms with E-state index in [1.807, 2.05) is 47.4 Å². The molecule has 0 radical (unpaired) electrons. The maximum atomic E-state index is 13.3. The minimum Gasteiger partial charge on any atom is -0.349 e. The number of pyridine rings is 1. The second-order valence-corrected chi connectivity index (χ2v) is 8.76. The van der Waals surface area contributed by atoms with E-state index in [0.29, 0.717) is 11.5 Å². The summed E-state index contributed by atoms with van der Waals surface area (Å²) < 4.78 is 1.88. The van der Waals surface area contributed by atoms with Gasteiger partial charge in [0.2, 0.25) is 0 Å². The zero-order chi connectivity index (χ0) is 20.0. The van der Waals surface area contributed by atoms with Crippen molar-refractivity contribution in [2.75, 3.05) is 0 Å². The van der Waals surface area contributed by atoms with Crippen molar-refractivity contribution in [1.82, 2.24) is 20.1 Å². The Morgan fingerprint density at radius 3 is 2.86 bits per heavy atom. The zero-order valence-electron chi connectivity index (χ0n) is 17.1. The first-order valence-corrected chi connectivity index (χ1v) is 10.9. The maximum absolute atomic E-state index is 13.3. The first-order valence-electron chi connectivity index (χ1n) is 10.9. The van der Waals surface area contributed by atoms with Gasteiger partial charge in [-0.2, -0.15) is 5.10 Å². The minimum absolute atomic E-state index is 0.00278. The number of fused-ring (bicyclic) bond motifs is 3. The highest BCUT2D eigenvalue weighted by atomic mass is 16.1. The monoisotopic (exact) mass is 388 g/mol. The van der Waals surface area contributed by atoms with Crippen LogP contribution in [0.2, 0.25) is 0 Å². The highest BCUT2D eigenvalue weighted by Gasteiger charge is 2.42. The predicted molar refractivity (Wildman–Crippen MR) is 115 cm³/mol. The van der Waals surface area contributed by atoms with Gasteiger partial charge in [-0.1, -0.05) is 24.6 Å². The van der Waals surface area contributed by atoms with E-state index in [4.69, 9.17) is 4.98 Å². The molecular formula is C24H28N4O. The number of benzene rings is 1. The maximum Gasteiger partial charge on any atom is 0.252 e. The largest absolute Gasteiger partial charge is 0.349 e. The van der Waals surface area contributed by atoms with Crippen molar-refractivity contribution in [3.8, 4) is 11.3 Å². The van der Waals surface area contributed by atoms with Crippen molar-refractivity contribution in [3.05, 3.63) is 48.3 Å². The molecule has 1 amide bonds. The van der Waals surface area contributed by atoms with E-state index >= 15 is 0 Å². The van der Waals surface area contributed by atoms with Crippen LogP contribution < -0.4 is 5.32 Å². The van der Waals surface area contributed by atoms with E-state index in [1.54, 1.807) is 0 Å². The van der Waals surface area contributed by atoms with E-state index in [-0.39, 0.29) is 11.9 Å². The summed E-state index contributed by atoms with van der Waals surface area (Å²) in [5, 5.41) is 8.59. The van der Waals surface area contributed by atoms with Crippen molar-refractivity contribution in [1.29, 1.82) is 0 Å². The third kappa shape index (κ3) is 3.33. The topological polar surface area (TPSA) is 59.8 Å². The van der Waals surface area contributed by atoms with E-state index in [1.165, 1.54) is 25.7 Å². The molecule has 2 bridgehead atoms. The first kappa shape index (κ1) is 18.3. The van der Waals surface area contributed by atoms with Gasteiger partial charge < -0.3 is 5.32 Å². The molecule has 2 aliphatic rings. The molecule has 2 saturated carbocycles. The normalized spacial score (nSPS) is 24.1. The lowest BCUT2D eigenvalue weighted by molar-refractivity contribution is 0.0917. The van der Waals surface area contributed by atoms with Gasteiger partial charge in [-0.05, 0) is 63.0 Å². The Labute approximate surface area is 171 Å². The molecule has 0 spiro atoms. The second kappa shape index (κ2) is 7.29. The van der Waals surface area contributed by atoms with E-state index in [9.17, 15) is 4.79 Å². The summed E-state index contributed by atoms with van der Waals surface area (Å²) in [7, 11) is 0. The molecule has 2 heterocycles. The molecule has 2 fully saturated rings. The molecule has 2 aliphatic carbocycles. The average Bonchev–Trinajstić information content (AvgIpc) is 3.49. The van der Waals surface area contributed by atoms with Crippen LogP contribution in [0.15, 0.2) is 42.7 Å². The number of hydrogen-bond donors (Lipinski definition) is 1. The number of nitrogens with zero attached hydrogens (tertiary/aromatic N) is 3. The molecule has 29 heavy (non-hydrogen) atoms. The molecule has 0 saturated heterocycles. The second-order valence-electron chi connectivity index (χ2n) is 8.76. The molecule has 5 heteroatoms. The van der Waals surface area contributed by atoms with Gasteiger partial charge in [-0.25, -0.2) is 4.98 Å². The molecular weight excluding hydrogens is 360 g/mol. The third-order valence-electron chi connectivity index (χ3n) is 7.01. The number of carbonyl (C=O) groups is 1. The van der Waals surface area contributed by atoms with Crippen LogP contribution in [0.5, 0.6) is 0 Å². The number of aryl methyl sites for hydroxylation is 1. The van der Waals surface area contributed by atoms with Crippen molar-refractivity contribution >= 4 is 16.8 Å². The van der Waals surface area contributed by atoms with Gasteiger partial charge in [0.15, 0.2) is 0 Å². The molecule has 4 unspecified atom stereocenters. The van der Waals surface area contributed by atoms with E-state index in [0.717, 1.165) is 40.5 Å².